The summed E-state index contributed by atoms with van der Waals surface area (Å²) >= 11 is 0. The lowest BCUT2D eigenvalue weighted by Gasteiger charge is -2.20. The molecule has 1 aromatic carbocycles. The SMILES string of the molecule is CN=C(NCc1cccc(CN2CCCCCC2)c1)NC(C)C.I. The Morgan fingerprint density at radius 1 is 1.12 bits per heavy atom. The van der Waals surface area contributed by atoms with Crippen molar-refractivity contribution in [2.45, 2.75) is 58.7 Å². The van der Waals surface area contributed by atoms with E-state index < -0.39 is 0 Å². The lowest BCUT2D eigenvalue weighted by molar-refractivity contribution is 0.277. The second kappa shape index (κ2) is 11.7. The number of hydrogen-bond acceptors (Lipinski definition) is 2. The van der Waals surface area contributed by atoms with Gasteiger partial charge in [0.05, 0.1) is 0 Å². The molecule has 1 aliphatic rings. The summed E-state index contributed by atoms with van der Waals surface area (Å²) in [5.74, 6) is 0.859. The van der Waals surface area contributed by atoms with E-state index in [1.54, 1.807) is 0 Å². The minimum absolute atomic E-state index is 0. The first kappa shape index (κ1) is 21.2. The van der Waals surface area contributed by atoms with Crippen LogP contribution >= 0.6 is 24.0 Å². The largest absolute Gasteiger partial charge is 0.354 e. The Bertz CT molecular complexity index is 494. The van der Waals surface area contributed by atoms with Gasteiger partial charge in [0.25, 0.3) is 0 Å². The molecule has 0 aromatic heterocycles. The Labute approximate surface area is 164 Å². The van der Waals surface area contributed by atoms with Crippen molar-refractivity contribution in [1.82, 2.24) is 15.5 Å². The summed E-state index contributed by atoms with van der Waals surface area (Å²) in [5.41, 5.74) is 2.72. The molecule has 2 N–H and O–H groups in total. The Morgan fingerprint density at radius 3 is 2.42 bits per heavy atom. The highest BCUT2D eigenvalue weighted by molar-refractivity contribution is 14.0. The highest BCUT2D eigenvalue weighted by Gasteiger charge is 2.09. The molecular weight excluding hydrogens is 411 g/mol. The maximum absolute atomic E-state index is 4.26. The van der Waals surface area contributed by atoms with Crippen molar-refractivity contribution in [3.05, 3.63) is 35.4 Å². The minimum Gasteiger partial charge on any atom is -0.354 e. The van der Waals surface area contributed by atoms with Crippen LogP contribution in [0.2, 0.25) is 0 Å². The predicted molar refractivity (Wildman–Crippen MR) is 114 cm³/mol. The number of halogens is 1. The van der Waals surface area contributed by atoms with Gasteiger partial charge in [0.15, 0.2) is 5.96 Å². The zero-order chi connectivity index (χ0) is 16.5. The monoisotopic (exact) mass is 444 g/mol. The fraction of sp³-hybridized carbons (Fsp3) is 0.632. The third-order valence-electron chi connectivity index (χ3n) is 4.21. The molecule has 24 heavy (non-hydrogen) atoms. The fourth-order valence-corrected chi connectivity index (χ4v) is 3.04. The van der Waals surface area contributed by atoms with Crippen molar-refractivity contribution in [1.29, 1.82) is 0 Å². The number of rotatable bonds is 5. The number of hydrogen-bond donors (Lipinski definition) is 2. The molecule has 0 spiro atoms. The Balaban J connectivity index is 0.00000288. The van der Waals surface area contributed by atoms with Crippen molar-refractivity contribution < 1.29 is 0 Å². The van der Waals surface area contributed by atoms with Crippen LogP contribution in [0.25, 0.3) is 0 Å². The van der Waals surface area contributed by atoms with Crippen molar-refractivity contribution in [3.63, 3.8) is 0 Å². The molecule has 4 nitrogen and oxygen atoms in total. The van der Waals surface area contributed by atoms with Gasteiger partial charge in [0.1, 0.15) is 0 Å². The summed E-state index contributed by atoms with van der Waals surface area (Å²) in [7, 11) is 1.81. The average Bonchev–Trinajstić information content (AvgIpc) is 2.80. The molecule has 1 aliphatic heterocycles. The summed E-state index contributed by atoms with van der Waals surface area (Å²) in [6.45, 7) is 8.61. The number of nitrogens with zero attached hydrogens (tertiary/aromatic N) is 2. The van der Waals surface area contributed by atoms with Crippen LogP contribution in [-0.4, -0.2) is 37.0 Å². The zero-order valence-corrected chi connectivity index (χ0v) is 17.7. The highest BCUT2D eigenvalue weighted by atomic mass is 127. The van der Waals surface area contributed by atoms with Gasteiger partial charge in [-0.05, 0) is 50.9 Å². The average molecular weight is 444 g/mol. The summed E-state index contributed by atoms with van der Waals surface area (Å²) in [5, 5.41) is 6.70. The van der Waals surface area contributed by atoms with E-state index in [1.165, 1.54) is 49.9 Å². The van der Waals surface area contributed by atoms with Crippen LogP contribution in [0.1, 0.15) is 50.7 Å². The van der Waals surface area contributed by atoms with Crippen LogP contribution in [0.4, 0.5) is 0 Å². The molecule has 1 heterocycles. The van der Waals surface area contributed by atoms with Crippen LogP contribution in [0.3, 0.4) is 0 Å². The van der Waals surface area contributed by atoms with Gasteiger partial charge >= 0.3 is 0 Å². The van der Waals surface area contributed by atoms with Gasteiger partial charge in [-0.1, -0.05) is 37.1 Å². The van der Waals surface area contributed by atoms with E-state index >= 15 is 0 Å². The minimum atomic E-state index is 0. The molecule has 2 rings (SSSR count). The predicted octanol–water partition coefficient (Wildman–Crippen LogP) is 3.75. The highest BCUT2D eigenvalue weighted by Crippen LogP contribution is 2.14. The Morgan fingerprint density at radius 2 is 1.79 bits per heavy atom. The first-order chi connectivity index (χ1) is 11.2. The maximum Gasteiger partial charge on any atom is 0.191 e. The Hall–Kier alpha value is -0.820. The van der Waals surface area contributed by atoms with E-state index in [4.69, 9.17) is 0 Å². The zero-order valence-electron chi connectivity index (χ0n) is 15.3. The number of aliphatic imine (C=N–C) groups is 1. The van der Waals surface area contributed by atoms with E-state index in [1.807, 2.05) is 7.05 Å². The molecule has 0 unspecified atom stereocenters. The molecule has 1 saturated heterocycles. The van der Waals surface area contributed by atoms with Crippen molar-refractivity contribution in [2.75, 3.05) is 20.1 Å². The third kappa shape index (κ3) is 7.83. The standard InChI is InChI=1S/C19H32N4.HI/c1-16(2)22-19(20-3)21-14-17-9-8-10-18(13-17)15-23-11-6-4-5-7-12-23;/h8-10,13,16H,4-7,11-12,14-15H2,1-3H3,(H2,20,21,22);1H. The topological polar surface area (TPSA) is 39.7 Å². The third-order valence-corrected chi connectivity index (χ3v) is 4.21. The van der Waals surface area contributed by atoms with Crippen molar-refractivity contribution >= 4 is 29.9 Å². The van der Waals surface area contributed by atoms with Gasteiger partial charge in [-0.2, -0.15) is 0 Å². The molecule has 0 atom stereocenters. The quantitative estimate of drug-likeness (QED) is 0.413. The summed E-state index contributed by atoms with van der Waals surface area (Å²) in [6, 6.07) is 9.30. The van der Waals surface area contributed by atoms with Gasteiger partial charge < -0.3 is 10.6 Å². The Kier molecular flexibility index (Phi) is 10.3. The van der Waals surface area contributed by atoms with Crippen LogP contribution in [0.15, 0.2) is 29.3 Å². The second-order valence-electron chi connectivity index (χ2n) is 6.74. The van der Waals surface area contributed by atoms with Gasteiger partial charge in [-0.3, -0.25) is 9.89 Å². The van der Waals surface area contributed by atoms with Crippen LogP contribution in [0.5, 0.6) is 0 Å². The normalized spacial score (nSPS) is 16.4. The van der Waals surface area contributed by atoms with E-state index in [9.17, 15) is 0 Å². The lowest BCUT2D eigenvalue weighted by atomic mass is 10.1. The van der Waals surface area contributed by atoms with E-state index in [-0.39, 0.29) is 24.0 Å². The molecule has 0 bridgehead atoms. The van der Waals surface area contributed by atoms with Crippen LogP contribution in [-0.2, 0) is 13.1 Å². The molecular formula is C19H33IN4. The van der Waals surface area contributed by atoms with Gasteiger partial charge in [0.2, 0.25) is 0 Å². The van der Waals surface area contributed by atoms with Crippen molar-refractivity contribution in [2.24, 2.45) is 4.99 Å². The smallest absolute Gasteiger partial charge is 0.191 e. The first-order valence-electron chi connectivity index (χ1n) is 8.94. The van der Waals surface area contributed by atoms with E-state index in [0.717, 1.165) is 19.0 Å². The maximum atomic E-state index is 4.26. The number of nitrogens with one attached hydrogen (secondary N) is 2. The lowest BCUT2D eigenvalue weighted by Crippen LogP contribution is -2.40. The summed E-state index contributed by atoms with van der Waals surface area (Å²) in [6.07, 6.45) is 5.47. The van der Waals surface area contributed by atoms with Gasteiger partial charge in [0, 0.05) is 26.2 Å². The summed E-state index contributed by atoms with van der Waals surface area (Å²) in [4.78, 5) is 6.85. The number of likely N-dealkylation sites (tertiary alicyclic amines) is 1. The van der Waals surface area contributed by atoms with E-state index in [2.05, 4.69) is 58.6 Å². The molecule has 5 heteroatoms. The van der Waals surface area contributed by atoms with Gasteiger partial charge in [-0.15, -0.1) is 24.0 Å². The molecule has 1 aromatic rings. The van der Waals surface area contributed by atoms with E-state index in [0.29, 0.717) is 6.04 Å². The molecule has 0 saturated carbocycles. The molecule has 0 radical (unpaired) electrons. The molecule has 1 fully saturated rings. The van der Waals surface area contributed by atoms with Crippen LogP contribution < -0.4 is 10.6 Å². The number of guanidine groups is 1. The van der Waals surface area contributed by atoms with Gasteiger partial charge in [-0.25, -0.2) is 0 Å². The molecule has 0 aliphatic carbocycles. The molecule has 0 amide bonds. The number of benzene rings is 1. The van der Waals surface area contributed by atoms with Crippen LogP contribution in [0, 0.1) is 0 Å². The first-order valence-corrected chi connectivity index (χ1v) is 8.94. The second-order valence-corrected chi connectivity index (χ2v) is 6.74. The fourth-order valence-electron chi connectivity index (χ4n) is 3.04. The summed E-state index contributed by atoms with van der Waals surface area (Å²) < 4.78 is 0. The molecule has 136 valence electrons. The van der Waals surface area contributed by atoms with Crippen molar-refractivity contribution in [3.8, 4) is 0 Å².